The van der Waals surface area contributed by atoms with Crippen molar-refractivity contribution in [3.63, 3.8) is 0 Å². The molecule has 0 aliphatic carbocycles. The lowest BCUT2D eigenvalue weighted by Gasteiger charge is -2.46. The predicted molar refractivity (Wildman–Crippen MR) is 111 cm³/mol. The molecule has 0 radical (unpaired) electrons. The first-order chi connectivity index (χ1) is 12.5. The number of anilines is 1. The molecule has 0 fully saturated rings. The van der Waals surface area contributed by atoms with Gasteiger partial charge >= 0.3 is 0 Å². The van der Waals surface area contributed by atoms with Gasteiger partial charge in [0.15, 0.2) is 0 Å². The molecule has 2 N–H and O–H groups in total. The van der Waals surface area contributed by atoms with Crippen molar-refractivity contribution < 1.29 is 0 Å². The van der Waals surface area contributed by atoms with Gasteiger partial charge in [0.05, 0.1) is 0 Å². The summed E-state index contributed by atoms with van der Waals surface area (Å²) in [6.07, 6.45) is 3.26. The molecule has 1 aliphatic heterocycles. The zero-order valence-corrected chi connectivity index (χ0v) is 15.6. The molecule has 2 heteroatoms. The summed E-state index contributed by atoms with van der Waals surface area (Å²) in [5.74, 6) is 0. The number of hydrogen-bond donors (Lipinski definition) is 2. The topological polar surface area (TPSA) is 27.8 Å². The van der Waals surface area contributed by atoms with E-state index in [1.54, 1.807) is 0 Å². The second-order valence-electron chi connectivity index (χ2n) is 8.47. The molecule has 5 rings (SSSR count). The molecule has 1 aliphatic rings. The van der Waals surface area contributed by atoms with Crippen LogP contribution in [0.4, 0.5) is 5.69 Å². The van der Waals surface area contributed by atoms with E-state index in [2.05, 4.69) is 97.9 Å². The van der Waals surface area contributed by atoms with Crippen LogP contribution in [0, 0.1) is 0 Å². The van der Waals surface area contributed by atoms with Gasteiger partial charge in [-0.3, -0.25) is 0 Å². The number of aromatic amines is 1. The van der Waals surface area contributed by atoms with Crippen LogP contribution < -0.4 is 5.32 Å². The van der Waals surface area contributed by atoms with Crippen molar-refractivity contribution in [2.75, 3.05) is 5.32 Å². The molecule has 3 aromatic carbocycles. The Bertz CT molecular complexity index is 1140. The third kappa shape index (κ3) is 2.11. The van der Waals surface area contributed by atoms with Gasteiger partial charge in [-0.1, -0.05) is 61.5 Å². The molecule has 2 nitrogen and oxygen atoms in total. The van der Waals surface area contributed by atoms with Crippen LogP contribution in [0.2, 0.25) is 0 Å². The Kier molecular flexibility index (Phi) is 3.06. The van der Waals surface area contributed by atoms with Crippen molar-refractivity contribution in [2.24, 2.45) is 0 Å². The van der Waals surface area contributed by atoms with Crippen LogP contribution in [-0.4, -0.2) is 10.5 Å². The highest BCUT2D eigenvalue weighted by Crippen LogP contribution is 2.50. The quantitative estimate of drug-likeness (QED) is 0.423. The summed E-state index contributed by atoms with van der Waals surface area (Å²) in [6.45, 7) is 7.02. The molecule has 130 valence electrons. The maximum Gasteiger partial charge on any atom is 0.0465 e. The Morgan fingerprint density at radius 1 is 0.769 bits per heavy atom. The molecule has 1 atom stereocenters. The second-order valence-corrected chi connectivity index (χ2v) is 8.47. The summed E-state index contributed by atoms with van der Waals surface area (Å²) in [7, 11) is 0. The molecule has 1 aromatic heterocycles. The Morgan fingerprint density at radius 3 is 2.35 bits per heavy atom. The third-order valence-electron chi connectivity index (χ3n) is 5.97. The van der Waals surface area contributed by atoms with Crippen LogP contribution in [0.1, 0.15) is 38.3 Å². The molecule has 26 heavy (non-hydrogen) atoms. The standard InChI is InChI=1S/C24H24N2/c1-23(2)15-24(3,20-14-25-21-11-7-6-10-18(20)21)19-13-12-16-8-4-5-9-17(16)22(19)26-23/h4-14,25-26H,15H2,1-3H3/t24-/m0/s1. The molecule has 0 amide bonds. The summed E-state index contributed by atoms with van der Waals surface area (Å²) >= 11 is 0. The maximum absolute atomic E-state index is 3.83. The SMILES string of the molecule is CC1(C)C[C@](C)(c2c[nH]c3ccccc23)c2ccc3ccccc3c2N1. The summed E-state index contributed by atoms with van der Waals surface area (Å²) in [5.41, 5.74) is 5.24. The lowest BCUT2D eigenvalue weighted by Crippen LogP contribution is -2.45. The Morgan fingerprint density at radius 2 is 1.50 bits per heavy atom. The van der Waals surface area contributed by atoms with Crippen LogP contribution in [0.3, 0.4) is 0 Å². The van der Waals surface area contributed by atoms with Gasteiger partial charge in [0.25, 0.3) is 0 Å². The molecule has 0 spiro atoms. The highest BCUT2D eigenvalue weighted by molar-refractivity contribution is 5.98. The minimum atomic E-state index is -0.0479. The summed E-state index contributed by atoms with van der Waals surface area (Å²) in [5, 5.41) is 7.76. The van der Waals surface area contributed by atoms with Gasteiger partial charge in [-0.05, 0) is 42.8 Å². The highest BCUT2D eigenvalue weighted by Gasteiger charge is 2.43. The largest absolute Gasteiger partial charge is 0.379 e. The van der Waals surface area contributed by atoms with E-state index in [0.717, 1.165) is 6.42 Å². The van der Waals surface area contributed by atoms with Crippen LogP contribution in [0.15, 0.2) is 66.9 Å². The fraction of sp³-hybridized carbons (Fsp3) is 0.250. The lowest BCUT2D eigenvalue weighted by atomic mass is 9.65. The van der Waals surface area contributed by atoms with Gasteiger partial charge in [-0.15, -0.1) is 0 Å². The fourth-order valence-electron chi connectivity index (χ4n) is 5.00. The zero-order chi connectivity index (χ0) is 17.9. The van der Waals surface area contributed by atoms with Gasteiger partial charge in [0.1, 0.15) is 0 Å². The highest BCUT2D eigenvalue weighted by atomic mass is 15.0. The minimum Gasteiger partial charge on any atom is -0.379 e. The van der Waals surface area contributed by atoms with Gasteiger partial charge < -0.3 is 10.3 Å². The first-order valence-electron chi connectivity index (χ1n) is 9.35. The number of benzene rings is 3. The van der Waals surface area contributed by atoms with Crippen LogP contribution in [-0.2, 0) is 5.41 Å². The fourth-order valence-corrected chi connectivity index (χ4v) is 5.00. The second kappa shape index (κ2) is 5.14. The molecule has 0 saturated carbocycles. The average Bonchev–Trinajstić information content (AvgIpc) is 3.05. The van der Waals surface area contributed by atoms with Crippen molar-refractivity contribution in [3.05, 3.63) is 78.0 Å². The Hall–Kier alpha value is -2.74. The number of para-hydroxylation sites is 1. The number of H-pyrrole nitrogens is 1. The summed E-state index contributed by atoms with van der Waals surface area (Å²) in [6, 6.07) is 21.9. The van der Waals surface area contributed by atoms with Crippen molar-refractivity contribution in [1.82, 2.24) is 4.98 Å². The third-order valence-corrected chi connectivity index (χ3v) is 5.97. The van der Waals surface area contributed by atoms with E-state index in [-0.39, 0.29) is 11.0 Å². The molecule has 2 heterocycles. The smallest absolute Gasteiger partial charge is 0.0465 e. The number of rotatable bonds is 1. The van der Waals surface area contributed by atoms with Gasteiger partial charge in [0.2, 0.25) is 0 Å². The van der Waals surface area contributed by atoms with Crippen molar-refractivity contribution in [2.45, 2.75) is 38.1 Å². The minimum absolute atomic E-state index is 0.0181. The maximum atomic E-state index is 3.83. The van der Waals surface area contributed by atoms with Gasteiger partial charge in [0, 0.05) is 39.1 Å². The molecule has 0 saturated heterocycles. The summed E-state index contributed by atoms with van der Waals surface area (Å²) in [4.78, 5) is 3.49. The molecule has 4 aromatic rings. The Labute approximate surface area is 154 Å². The molecule has 0 bridgehead atoms. The zero-order valence-electron chi connectivity index (χ0n) is 15.6. The first-order valence-corrected chi connectivity index (χ1v) is 9.35. The monoisotopic (exact) mass is 340 g/mol. The van der Waals surface area contributed by atoms with Crippen molar-refractivity contribution in [1.29, 1.82) is 0 Å². The number of fused-ring (bicyclic) bond motifs is 4. The van der Waals surface area contributed by atoms with E-state index < -0.39 is 0 Å². The lowest BCUT2D eigenvalue weighted by molar-refractivity contribution is 0.381. The van der Waals surface area contributed by atoms with E-state index in [0.29, 0.717) is 0 Å². The van der Waals surface area contributed by atoms with E-state index in [4.69, 9.17) is 0 Å². The number of aromatic nitrogens is 1. The van der Waals surface area contributed by atoms with Crippen molar-refractivity contribution in [3.8, 4) is 0 Å². The van der Waals surface area contributed by atoms with Gasteiger partial charge in [-0.2, -0.15) is 0 Å². The number of hydrogen-bond acceptors (Lipinski definition) is 1. The van der Waals surface area contributed by atoms with E-state index >= 15 is 0 Å². The average molecular weight is 340 g/mol. The molecular formula is C24H24N2. The van der Waals surface area contributed by atoms with Crippen LogP contribution in [0.5, 0.6) is 0 Å². The normalized spacial score (nSPS) is 21.5. The first kappa shape index (κ1) is 15.5. The van der Waals surface area contributed by atoms with Crippen LogP contribution >= 0.6 is 0 Å². The van der Waals surface area contributed by atoms with E-state index in [1.165, 1.54) is 38.5 Å². The van der Waals surface area contributed by atoms with E-state index in [9.17, 15) is 0 Å². The van der Waals surface area contributed by atoms with Crippen LogP contribution in [0.25, 0.3) is 21.7 Å². The van der Waals surface area contributed by atoms with Gasteiger partial charge in [-0.25, -0.2) is 0 Å². The number of nitrogens with one attached hydrogen (secondary N) is 2. The summed E-state index contributed by atoms with van der Waals surface area (Å²) < 4.78 is 0. The predicted octanol–water partition coefficient (Wildman–Crippen LogP) is 6.22. The Balaban J connectivity index is 1.84. The molecular weight excluding hydrogens is 316 g/mol. The molecule has 0 unspecified atom stereocenters. The van der Waals surface area contributed by atoms with E-state index in [1.807, 2.05) is 0 Å². The van der Waals surface area contributed by atoms with Crippen molar-refractivity contribution >= 4 is 27.4 Å².